The summed E-state index contributed by atoms with van der Waals surface area (Å²) in [4.78, 5) is 44.4. The molecule has 0 saturated heterocycles. The number of nitrogens with one attached hydrogen (secondary N) is 1. The van der Waals surface area contributed by atoms with Gasteiger partial charge < -0.3 is 4.74 Å². The van der Waals surface area contributed by atoms with Crippen molar-refractivity contribution in [2.75, 3.05) is 5.32 Å². The van der Waals surface area contributed by atoms with E-state index in [1.54, 1.807) is 36.7 Å². The smallest absolute Gasteiger partial charge is 0.412 e. The van der Waals surface area contributed by atoms with E-state index in [1.165, 1.54) is 6.20 Å². The van der Waals surface area contributed by atoms with Crippen molar-refractivity contribution >= 4 is 17.7 Å². The van der Waals surface area contributed by atoms with E-state index in [1.807, 2.05) is 18.2 Å². The number of ether oxygens (including phenoxy) is 1. The fourth-order valence-corrected chi connectivity index (χ4v) is 2.31. The SMILES string of the molecule is O=C(Nc1cncn(C(=O)Cc2cccnc2)c1=O)OCc1ccccc1. The Balaban J connectivity index is 1.66. The largest absolute Gasteiger partial charge is 0.444 e. The Morgan fingerprint density at radius 1 is 1.00 bits per heavy atom. The van der Waals surface area contributed by atoms with Gasteiger partial charge in [0.2, 0.25) is 5.91 Å². The molecule has 2 heterocycles. The van der Waals surface area contributed by atoms with Crippen molar-refractivity contribution in [1.29, 1.82) is 0 Å². The molecule has 3 aromatic rings. The molecule has 0 bridgehead atoms. The van der Waals surface area contributed by atoms with E-state index in [0.29, 0.717) is 5.56 Å². The lowest BCUT2D eigenvalue weighted by Gasteiger charge is -2.08. The Labute approximate surface area is 154 Å². The van der Waals surface area contributed by atoms with E-state index in [9.17, 15) is 14.4 Å². The Morgan fingerprint density at radius 2 is 1.78 bits per heavy atom. The number of rotatable bonds is 5. The van der Waals surface area contributed by atoms with Crippen LogP contribution in [0.5, 0.6) is 0 Å². The number of hydrogen-bond donors (Lipinski definition) is 1. The summed E-state index contributed by atoms with van der Waals surface area (Å²) >= 11 is 0. The van der Waals surface area contributed by atoms with Crippen molar-refractivity contribution in [2.45, 2.75) is 13.0 Å². The fraction of sp³-hybridized carbons (Fsp3) is 0.105. The van der Waals surface area contributed by atoms with Crippen molar-refractivity contribution < 1.29 is 14.3 Å². The molecule has 0 fully saturated rings. The number of hydrogen-bond acceptors (Lipinski definition) is 6. The summed E-state index contributed by atoms with van der Waals surface area (Å²) < 4.78 is 5.91. The molecule has 8 heteroatoms. The third-order valence-corrected chi connectivity index (χ3v) is 3.63. The Morgan fingerprint density at radius 3 is 2.52 bits per heavy atom. The number of carbonyl (C=O) groups excluding carboxylic acids is 2. The van der Waals surface area contributed by atoms with Crippen molar-refractivity contribution in [3.05, 3.63) is 88.9 Å². The van der Waals surface area contributed by atoms with Gasteiger partial charge in [0.05, 0.1) is 12.6 Å². The second-order valence-electron chi connectivity index (χ2n) is 5.60. The maximum Gasteiger partial charge on any atom is 0.412 e. The average molecular weight is 364 g/mol. The molecule has 2 aromatic heterocycles. The number of nitrogens with zero attached hydrogens (tertiary/aromatic N) is 3. The lowest BCUT2D eigenvalue weighted by Crippen LogP contribution is -2.31. The molecule has 0 radical (unpaired) electrons. The first-order valence-corrected chi connectivity index (χ1v) is 8.10. The molecule has 3 rings (SSSR count). The molecule has 0 aliphatic rings. The van der Waals surface area contributed by atoms with Gasteiger partial charge in [0.1, 0.15) is 18.6 Å². The van der Waals surface area contributed by atoms with Gasteiger partial charge in [0.25, 0.3) is 5.56 Å². The van der Waals surface area contributed by atoms with E-state index in [-0.39, 0.29) is 18.7 Å². The minimum absolute atomic E-state index is 0.0165. The zero-order chi connectivity index (χ0) is 19.1. The van der Waals surface area contributed by atoms with Crippen LogP contribution in [0.2, 0.25) is 0 Å². The number of amides is 1. The molecule has 0 saturated carbocycles. The minimum atomic E-state index is -0.810. The number of anilines is 1. The lowest BCUT2D eigenvalue weighted by atomic mass is 10.2. The summed E-state index contributed by atoms with van der Waals surface area (Å²) in [6.07, 6.45) is 4.58. The first kappa shape index (κ1) is 18.0. The van der Waals surface area contributed by atoms with Crippen LogP contribution in [0.25, 0.3) is 0 Å². The minimum Gasteiger partial charge on any atom is -0.444 e. The normalized spacial score (nSPS) is 10.2. The van der Waals surface area contributed by atoms with Crippen LogP contribution >= 0.6 is 0 Å². The van der Waals surface area contributed by atoms with E-state index in [2.05, 4.69) is 15.3 Å². The molecule has 0 unspecified atom stereocenters. The number of benzene rings is 1. The third kappa shape index (κ3) is 4.85. The first-order chi connectivity index (χ1) is 13.1. The van der Waals surface area contributed by atoms with Crippen LogP contribution < -0.4 is 10.9 Å². The molecule has 8 nitrogen and oxygen atoms in total. The summed E-state index contributed by atoms with van der Waals surface area (Å²) in [6.45, 7) is 0.0566. The van der Waals surface area contributed by atoms with E-state index in [4.69, 9.17) is 4.74 Å². The first-order valence-electron chi connectivity index (χ1n) is 8.10. The summed E-state index contributed by atoms with van der Waals surface area (Å²) in [5.41, 5.74) is 0.642. The average Bonchev–Trinajstić information content (AvgIpc) is 2.69. The highest BCUT2D eigenvalue weighted by atomic mass is 16.5. The van der Waals surface area contributed by atoms with E-state index in [0.717, 1.165) is 16.5 Å². The van der Waals surface area contributed by atoms with Crippen LogP contribution in [0.15, 0.2) is 72.2 Å². The highest BCUT2D eigenvalue weighted by Gasteiger charge is 2.14. The van der Waals surface area contributed by atoms with Crippen molar-refractivity contribution in [2.24, 2.45) is 0 Å². The molecule has 136 valence electrons. The van der Waals surface area contributed by atoms with E-state index < -0.39 is 17.6 Å². The fourth-order valence-electron chi connectivity index (χ4n) is 2.31. The van der Waals surface area contributed by atoms with Gasteiger partial charge in [-0.3, -0.25) is 19.9 Å². The lowest BCUT2D eigenvalue weighted by molar-refractivity contribution is 0.0908. The topological polar surface area (TPSA) is 103 Å². The van der Waals surface area contributed by atoms with Crippen LogP contribution in [0.4, 0.5) is 10.5 Å². The summed E-state index contributed by atoms with van der Waals surface area (Å²) in [6, 6.07) is 12.5. The van der Waals surface area contributed by atoms with Gasteiger partial charge in [-0.25, -0.2) is 14.3 Å². The zero-order valence-electron chi connectivity index (χ0n) is 14.2. The molecule has 0 spiro atoms. The predicted molar refractivity (Wildman–Crippen MR) is 97.3 cm³/mol. The van der Waals surface area contributed by atoms with Gasteiger partial charge in [-0.2, -0.15) is 0 Å². The van der Waals surface area contributed by atoms with Crippen molar-refractivity contribution in [1.82, 2.24) is 14.5 Å². The quantitative estimate of drug-likeness (QED) is 0.745. The molecule has 0 aliphatic carbocycles. The number of aromatic nitrogens is 3. The molecule has 1 N–H and O–H groups in total. The van der Waals surface area contributed by atoms with Crippen LogP contribution in [0.1, 0.15) is 15.9 Å². The van der Waals surface area contributed by atoms with Crippen molar-refractivity contribution in [3.63, 3.8) is 0 Å². The Hall–Kier alpha value is -3.81. The Bertz CT molecular complexity index is 987. The molecule has 0 atom stereocenters. The highest BCUT2D eigenvalue weighted by molar-refractivity contribution is 5.85. The van der Waals surface area contributed by atoms with Gasteiger partial charge in [-0.05, 0) is 17.2 Å². The van der Waals surface area contributed by atoms with Crippen LogP contribution in [0, 0.1) is 0 Å². The van der Waals surface area contributed by atoms with Crippen LogP contribution in [0.3, 0.4) is 0 Å². The van der Waals surface area contributed by atoms with Gasteiger partial charge in [0.15, 0.2) is 0 Å². The molecular formula is C19H16N4O4. The summed E-state index contributed by atoms with van der Waals surface area (Å²) in [7, 11) is 0. The highest BCUT2D eigenvalue weighted by Crippen LogP contribution is 2.04. The Kier molecular flexibility index (Phi) is 5.68. The van der Waals surface area contributed by atoms with Crippen LogP contribution in [-0.4, -0.2) is 26.5 Å². The van der Waals surface area contributed by atoms with Crippen LogP contribution in [-0.2, 0) is 17.8 Å². The van der Waals surface area contributed by atoms with E-state index >= 15 is 0 Å². The monoisotopic (exact) mass is 364 g/mol. The summed E-state index contributed by atoms with van der Waals surface area (Å²) in [5, 5.41) is 2.32. The maximum absolute atomic E-state index is 12.4. The predicted octanol–water partition coefficient (Wildman–Crippen LogP) is 2.27. The van der Waals surface area contributed by atoms with Gasteiger partial charge in [-0.15, -0.1) is 0 Å². The third-order valence-electron chi connectivity index (χ3n) is 3.63. The molecule has 1 aromatic carbocycles. The molecule has 1 amide bonds. The molecule has 0 aliphatic heterocycles. The summed E-state index contributed by atoms with van der Waals surface area (Å²) in [5.74, 6) is -0.484. The second-order valence-corrected chi connectivity index (χ2v) is 5.60. The van der Waals surface area contributed by atoms with Gasteiger partial charge >= 0.3 is 6.09 Å². The van der Waals surface area contributed by atoms with Gasteiger partial charge in [-0.1, -0.05) is 36.4 Å². The molecular weight excluding hydrogens is 348 g/mol. The van der Waals surface area contributed by atoms with Gasteiger partial charge in [0, 0.05) is 12.4 Å². The molecule has 27 heavy (non-hydrogen) atoms. The number of carbonyl (C=O) groups is 2. The maximum atomic E-state index is 12.4. The standard InChI is InChI=1S/C19H16N4O4/c24-17(9-15-7-4-8-20-10-15)23-13-21-11-16(18(23)25)22-19(26)27-12-14-5-2-1-3-6-14/h1-8,10-11,13H,9,12H2,(H,22,26). The second kappa shape index (κ2) is 8.52. The van der Waals surface area contributed by atoms with Crippen molar-refractivity contribution in [3.8, 4) is 0 Å². The number of pyridine rings is 1. The zero-order valence-corrected chi connectivity index (χ0v) is 14.2.